The average molecular weight is 395 g/mol. The molecule has 2 atom stereocenters. The lowest BCUT2D eigenvalue weighted by Gasteiger charge is -2.18. The summed E-state index contributed by atoms with van der Waals surface area (Å²) in [6, 6.07) is 11.9. The van der Waals surface area contributed by atoms with Crippen LogP contribution in [0.3, 0.4) is 0 Å². The van der Waals surface area contributed by atoms with Crippen LogP contribution in [0.1, 0.15) is 17.0 Å². The number of aromatic nitrogens is 2. The highest BCUT2D eigenvalue weighted by Crippen LogP contribution is 2.33. The van der Waals surface area contributed by atoms with E-state index in [1.165, 1.54) is 6.33 Å². The van der Waals surface area contributed by atoms with Crippen LogP contribution in [0.15, 0.2) is 48.8 Å². The Morgan fingerprint density at radius 3 is 2.55 bits per heavy atom. The van der Waals surface area contributed by atoms with E-state index in [1.807, 2.05) is 11.0 Å². The number of rotatable bonds is 3. The van der Waals surface area contributed by atoms with E-state index in [0.717, 1.165) is 6.07 Å². The van der Waals surface area contributed by atoms with E-state index in [1.54, 1.807) is 24.3 Å². The van der Waals surface area contributed by atoms with Crippen molar-refractivity contribution in [3.8, 4) is 17.3 Å². The van der Waals surface area contributed by atoms with Crippen LogP contribution in [0.5, 0.6) is 0 Å². The Balaban J connectivity index is 1.64. The maximum absolute atomic E-state index is 14.2. The summed E-state index contributed by atoms with van der Waals surface area (Å²) in [7, 11) is 0. The summed E-state index contributed by atoms with van der Waals surface area (Å²) in [5.74, 6) is -3.12. The molecule has 2 aromatic carbocycles. The third kappa shape index (κ3) is 3.52. The van der Waals surface area contributed by atoms with E-state index in [4.69, 9.17) is 5.73 Å². The minimum Gasteiger partial charge on any atom is -0.354 e. The zero-order valence-electron chi connectivity index (χ0n) is 15.2. The largest absolute Gasteiger partial charge is 0.354 e. The predicted octanol–water partition coefficient (Wildman–Crippen LogP) is 3.36. The molecule has 0 spiro atoms. The molecule has 1 fully saturated rings. The summed E-state index contributed by atoms with van der Waals surface area (Å²) in [6.45, 7) is 0.652. The van der Waals surface area contributed by atoms with Crippen LogP contribution in [0, 0.1) is 28.8 Å². The van der Waals surface area contributed by atoms with Crippen molar-refractivity contribution in [2.24, 2.45) is 5.73 Å². The van der Waals surface area contributed by atoms with Gasteiger partial charge >= 0.3 is 0 Å². The number of nitrogens with two attached hydrogens (primary N) is 1. The number of hydrogen-bond donors (Lipinski definition) is 1. The molecule has 1 aromatic heterocycles. The Bertz CT molecular complexity index is 1110. The molecular formula is C21H16F3N5. The zero-order valence-corrected chi connectivity index (χ0v) is 15.2. The highest BCUT2D eigenvalue weighted by Gasteiger charge is 2.34. The summed E-state index contributed by atoms with van der Waals surface area (Å²) in [4.78, 5) is 10.4. The molecule has 0 unspecified atom stereocenters. The van der Waals surface area contributed by atoms with Gasteiger partial charge in [0.2, 0.25) is 0 Å². The van der Waals surface area contributed by atoms with Gasteiger partial charge in [0.15, 0.2) is 11.6 Å². The lowest BCUT2D eigenvalue weighted by atomic mass is 9.94. The van der Waals surface area contributed by atoms with Gasteiger partial charge in [0, 0.05) is 42.7 Å². The predicted molar refractivity (Wildman–Crippen MR) is 101 cm³/mol. The molecule has 0 bridgehead atoms. The lowest BCUT2D eigenvalue weighted by molar-refractivity contribution is 0.482. The lowest BCUT2D eigenvalue weighted by Crippen LogP contribution is -2.29. The summed E-state index contributed by atoms with van der Waals surface area (Å²) < 4.78 is 41.1. The van der Waals surface area contributed by atoms with Crippen LogP contribution in [-0.4, -0.2) is 29.1 Å². The first-order valence-electron chi connectivity index (χ1n) is 8.94. The van der Waals surface area contributed by atoms with Gasteiger partial charge in [-0.25, -0.2) is 23.1 Å². The van der Waals surface area contributed by atoms with Crippen LogP contribution in [-0.2, 0) is 0 Å². The van der Waals surface area contributed by atoms with Crippen molar-refractivity contribution in [2.45, 2.75) is 12.0 Å². The Kier molecular flexibility index (Phi) is 4.91. The van der Waals surface area contributed by atoms with E-state index in [0.29, 0.717) is 41.8 Å². The molecule has 8 heteroatoms. The van der Waals surface area contributed by atoms with Crippen molar-refractivity contribution in [3.63, 3.8) is 0 Å². The van der Waals surface area contributed by atoms with E-state index < -0.39 is 29.4 Å². The smallest absolute Gasteiger partial charge is 0.161 e. The quantitative estimate of drug-likeness (QED) is 0.688. The molecule has 2 heterocycles. The van der Waals surface area contributed by atoms with Crippen molar-refractivity contribution >= 4 is 5.82 Å². The van der Waals surface area contributed by atoms with Crippen LogP contribution < -0.4 is 10.6 Å². The molecule has 2 N–H and O–H groups in total. The van der Waals surface area contributed by atoms with Crippen molar-refractivity contribution in [1.82, 2.24) is 9.97 Å². The normalized spacial score (nSPS) is 18.7. The molecule has 3 aromatic rings. The maximum atomic E-state index is 14.2. The molecule has 1 aliphatic rings. The van der Waals surface area contributed by atoms with E-state index in [2.05, 4.69) is 16.0 Å². The van der Waals surface area contributed by atoms with E-state index in [9.17, 15) is 18.4 Å². The van der Waals surface area contributed by atoms with Crippen LogP contribution in [0.2, 0.25) is 0 Å². The minimum atomic E-state index is -1.23. The van der Waals surface area contributed by atoms with Gasteiger partial charge in [-0.2, -0.15) is 5.26 Å². The van der Waals surface area contributed by atoms with Gasteiger partial charge < -0.3 is 10.6 Å². The minimum absolute atomic E-state index is 0.0444. The fraction of sp³-hybridized carbons (Fsp3) is 0.190. The van der Waals surface area contributed by atoms with Crippen molar-refractivity contribution in [1.29, 1.82) is 5.26 Å². The van der Waals surface area contributed by atoms with E-state index in [-0.39, 0.29) is 5.56 Å². The molecular weight excluding hydrogens is 379 g/mol. The second-order valence-corrected chi connectivity index (χ2v) is 6.88. The van der Waals surface area contributed by atoms with Crippen molar-refractivity contribution < 1.29 is 13.2 Å². The molecule has 0 saturated carbocycles. The van der Waals surface area contributed by atoms with Crippen LogP contribution in [0.25, 0.3) is 11.3 Å². The second-order valence-electron chi connectivity index (χ2n) is 6.88. The number of halogens is 3. The van der Waals surface area contributed by atoms with Gasteiger partial charge in [0.25, 0.3) is 0 Å². The van der Waals surface area contributed by atoms with Gasteiger partial charge in [-0.1, -0.05) is 18.2 Å². The van der Waals surface area contributed by atoms with Crippen molar-refractivity contribution in [3.05, 3.63) is 77.4 Å². The first-order valence-corrected chi connectivity index (χ1v) is 8.94. The molecule has 0 radical (unpaired) electrons. The highest BCUT2D eigenvalue weighted by molar-refractivity contribution is 5.69. The third-order valence-electron chi connectivity index (χ3n) is 5.10. The molecule has 1 saturated heterocycles. The highest BCUT2D eigenvalue weighted by atomic mass is 19.2. The Morgan fingerprint density at radius 1 is 1.00 bits per heavy atom. The fourth-order valence-electron chi connectivity index (χ4n) is 3.64. The molecule has 0 aliphatic carbocycles. The molecule has 146 valence electrons. The average Bonchev–Trinajstić information content (AvgIpc) is 3.12. The monoisotopic (exact) mass is 395 g/mol. The van der Waals surface area contributed by atoms with Crippen molar-refractivity contribution in [2.75, 3.05) is 18.0 Å². The van der Waals surface area contributed by atoms with Crippen LogP contribution in [0.4, 0.5) is 19.0 Å². The standard InChI is InChI=1S/C21H16F3N5/c22-16-6-18(24)17(23)5-14(16)15-9-29(10-19(15)26)21-7-20(27-11-28-21)13-4-2-1-3-12(13)8-25/h1-7,11,15,19H,9-10,26H2/t15-,19+/m1/s1. The van der Waals surface area contributed by atoms with Gasteiger partial charge in [0.1, 0.15) is 18.0 Å². The fourth-order valence-corrected chi connectivity index (χ4v) is 3.64. The molecule has 1 aliphatic heterocycles. The number of anilines is 1. The number of benzene rings is 2. The first kappa shape index (κ1) is 18.9. The number of nitriles is 1. The summed E-state index contributed by atoms with van der Waals surface area (Å²) in [5, 5.41) is 9.31. The second kappa shape index (κ2) is 7.53. The topological polar surface area (TPSA) is 78.8 Å². The third-order valence-corrected chi connectivity index (χ3v) is 5.10. The summed E-state index contributed by atoms with van der Waals surface area (Å²) in [6.07, 6.45) is 1.38. The molecule has 5 nitrogen and oxygen atoms in total. The summed E-state index contributed by atoms with van der Waals surface area (Å²) >= 11 is 0. The van der Waals surface area contributed by atoms with Gasteiger partial charge in [-0.05, 0) is 17.7 Å². The molecule has 0 amide bonds. The van der Waals surface area contributed by atoms with Gasteiger partial charge in [-0.15, -0.1) is 0 Å². The van der Waals surface area contributed by atoms with Gasteiger partial charge in [-0.3, -0.25) is 0 Å². The molecule has 29 heavy (non-hydrogen) atoms. The van der Waals surface area contributed by atoms with E-state index >= 15 is 0 Å². The first-order chi connectivity index (χ1) is 14.0. The zero-order chi connectivity index (χ0) is 20.5. The maximum Gasteiger partial charge on any atom is 0.161 e. The summed E-state index contributed by atoms with van der Waals surface area (Å²) in [5.41, 5.74) is 7.95. The SMILES string of the molecule is N#Cc1ccccc1-c1cc(N2C[C@H](c3cc(F)c(F)cc3F)[C@@H](N)C2)ncn1. The Labute approximate surface area is 165 Å². The number of nitrogens with zero attached hydrogens (tertiary/aromatic N) is 4. The van der Waals surface area contributed by atoms with Gasteiger partial charge in [0.05, 0.1) is 17.3 Å². The number of hydrogen-bond acceptors (Lipinski definition) is 5. The molecule has 4 rings (SSSR count). The Morgan fingerprint density at radius 2 is 1.76 bits per heavy atom. The Hall–Kier alpha value is -3.44. The van der Waals surface area contributed by atoms with Crippen LogP contribution >= 0.6 is 0 Å².